The molecule has 2 aliphatic heterocycles. The minimum absolute atomic E-state index is 0.0801. The van der Waals surface area contributed by atoms with Crippen LogP contribution in [-0.4, -0.2) is 35.1 Å². The van der Waals surface area contributed by atoms with E-state index in [9.17, 15) is 14.4 Å². The first kappa shape index (κ1) is 24.9. The Bertz CT molecular complexity index is 1810. The number of ether oxygens (including phenoxy) is 1. The lowest BCUT2D eigenvalue weighted by molar-refractivity contribution is 0.101. The van der Waals surface area contributed by atoms with Gasteiger partial charge in [-0.1, -0.05) is 18.2 Å². The second-order valence-electron chi connectivity index (χ2n) is 10.7. The molecule has 0 N–H and O–H groups in total. The van der Waals surface area contributed by atoms with Crippen molar-refractivity contribution >= 4 is 5.78 Å². The van der Waals surface area contributed by atoms with Gasteiger partial charge in [-0.05, 0) is 83.0 Å². The number of ketones is 1. The number of allylic oxidation sites excluding steroid dienone is 1. The Hall–Kier alpha value is -4.40. The number of Topliss-reactive ketones (excluding diaryl/α,β-unsaturated/α-hetero) is 1. The molecule has 2 aromatic heterocycles. The summed E-state index contributed by atoms with van der Waals surface area (Å²) in [5.74, 6) is 0.595. The fourth-order valence-corrected chi connectivity index (χ4v) is 6.04. The molecule has 4 aromatic rings. The van der Waals surface area contributed by atoms with Gasteiger partial charge in [0.25, 0.3) is 0 Å². The average Bonchev–Trinajstić information content (AvgIpc) is 3.34. The Morgan fingerprint density at radius 1 is 1.08 bits per heavy atom. The summed E-state index contributed by atoms with van der Waals surface area (Å²) in [4.78, 5) is 39.1. The molecule has 0 spiro atoms. The van der Waals surface area contributed by atoms with E-state index in [1.54, 1.807) is 28.9 Å². The van der Waals surface area contributed by atoms with Crippen LogP contribution >= 0.6 is 0 Å². The van der Waals surface area contributed by atoms with Gasteiger partial charge >= 0.3 is 11.4 Å². The number of rotatable bonds is 4. The van der Waals surface area contributed by atoms with Gasteiger partial charge in [0.05, 0.1) is 17.9 Å². The third-order valence-corrected chi connectivity index (χ3v) is 7.95. The maximum atomic E-state index is 13.9. The number of hydrogen-bond acceptors (Lipinski definition) is 5. The van der Waals surface area contributed by atoms with Gasteiger partial charge < -0.3 is 4.74 Å². The Kier molecular flexibility index (Phi) is 5.47. The molecule has 0 saturated heterocycles. The molecule has 0 fully saturated rings. The molecule has 1 atom stereocenters. The van der Waals surface area contributed by atoms with Crippen molar-refractivity contribution in [1.29, 1.82) is 0 Å². The summed E-state index contributed by atoms with van der Waals surface area (Å²) in [6, 6.07) is 12.1. The smallest absolute Gasteiger partial charge is 0.352 e. The van der Waals surface area contributed by atoms with Crippen molar-refractivity contribution in [2.75, 3.05) is 0 Å². The van der Waals surface area contributed by atoms with E-state index in [0.29, 0.717) is 17.0 Å². The van der Waals surface area contributed by atoms with Crippen molar-refractivity contribution in [2.45, 2.75) is 66.3 Å². The minimum Gasteiger partial charge on any atom is -0.483 e. The first-order valence-electron chi connectivity index (χ1n) is 13.2. The van der Waals surface area contributed by atoms with E-state index in [2.05, 4.69) is 18.9 Å². The number of hydrogen-bond donors (Lipinski definition) is 0. The molecule has 9 heteroatoms. The quantitative estimate of drug-likeness (QED) is 0.294. The molecule has 2 aromatic carbocycles. The zero-order chi connectivity index (χ0) is 27.8. The van der Waals surface area contributed by atoms with Crippen LogP contribution in [0.3, 0.4) is 0 Å². The molecule has 2 aliphatic rings. The summed E-state index contributed by atoms with van der Waals surface area (Å²) < 4.78 is 12.7. The van der Waals surface area contributed by atoms with Crippen LogP contribution in [0.15, 0.2) is 63.7 Å². The van der Waals surface area contributed by atoms with E-state index >= 15 is 0 Å². The summed E-state index contributed by atoms with van der Waals surface area (Å²) in [6.07, 6.45) is 1.99. The molecule has 0 bridgehead atoms. The first-order valence-corrected chi connectivity index (χ1v) is 13.2. The molecule has 200 valence electrons. The lowest BCUT2D eigenvalue weighted by atomic mass is 9.82. The Morgan fingerprint density at radius 2 is 1.79 bits per heavy atom. The van der Waals surface area contributed by atoms with Crippen LogP contribution in [0.5, 0.6) is 5.75 Å². The zero-order valence-corrected chi connectivity index (χ0v) is 23.0. The van der Waals surface area contributed by atoms with Crippen molar-refractivity contribution in [2.24, 2.45) is 0 Å². The highest BCUT2D eigenvalue weighted by Crippen LogP contribution is 2.47. The second kappa shape index (κ2) is 8.56. The van der Waals surface area contributed by atoms with Gasteiger partial charge in [0, 0.05) is 28.9 Å². The lowest BCUT2D eigenvalue weighted by Gasteiger charge is -2.42. The molecule has 0 saturated carbocycles. The zero-order valence-electron chi connectivity index (χ0n) is 23.0. The van der Waals surface area contributed by atoms with Gasteiger partial charge in [0.15, 0.2) is 5.78 Å². The highest BCUT2D eigenvalue weighted by atomic mass is 16.5. The summed E-state index contributed by atoms with van der Waals surface area (Å²) in [5, 5.41) is 4.67. The van der Waals surface area contributed by atoms with Crippen LogP contribution in [0, 0.1) is 13.8 Å². The van der Waals surface area contributed by atoms with Crippen molar-refractivity contribution in [3.05, 3.63) is 97.6 Å². The number of benzene rings is 2. The van der Waals surface area contributed by atoms with Crippen molar-refractivity contribution in [3.8, 4) is 22.6 Å². The maximum absolute atomic E-state index is 13.9. The topological polar surface area (TPSA) is 93.1 Å². The van der Waals surface area contributed by atoms with Gasteiger partial charge in [0.1, 0.15) is 17.4 Å². The molecule has 39 heavy (non-hydrogen) atoms. The van der Waals surface area contributed by atoms with Crippen molar-refractivity contribution in [3.63, 3.8) is 0 Å². The SMILES string of the molecule is CCn1nc(C)c(-c2ccc3c(c2)OC(C)(C)C2=CCn4c(=O)n(-c5ccc(C(C)=O)cc5)c(=O)n4C23)c1C. The molecule has 0 amide bonds. The molecule has 0 aliphatic carbocycles. The van der Waals surface area contributed by atoms with E-state index in [4.69, 9.17) is 4.74 Å². The normalized spacial score (nSPS) is 17.1. The van der Waals surface area contributed by atoms with Crippen LogP contribution in [-0.2, 0) is 13.1 Å². The van der Waals surface area contributed by atoms with Crippen LogP contribution in [0.4, 0.5) is 0 Å². The lowest BCUT2D eigenvalue weighted by Crippen LogP contribution is -2.46. The van der Waals surface area contributed by atoms with Crippen molar-refractivity contribution < 1.29 is 9.53 Å². The summed E-state index contributed by atoms with van der Waals surface area (Å²) in [7, 11) is 0. The minimum atomic E-state index is -0.694. The van der Waals surface area contributed by atoms with Gasteiger partial charge in [-0.15, -0.1) is 0 Å². The van der Waals surface area contributed by atoms with Gasteiger partial charge in [-0.2, -0.15) is 5.10 Å². The largest absolute Gasteiger partial charge is 0.483 e. The number of aromatic nitrogens is 5. The fourth-order valence-electron chi connectivity index (χ4n) is 6.04. The summed E-state index contributed by atoms with van der Waals surface area (Å²) in [6.45, 7) is 12.6. The third kappa shape index (κ3) is 3.60. The number of nitrogens with zero attached hydrogens (tertiary/aromatic N) is 5. The second-order valence-corrected chi connectivity index (χ2v) is 10.7. The molecule has 9 nitrogen and oxygen atoms in total. The van der Waals surface area contributed by atoms with E-state index < -0.39 is 23.0 Å². The average molecular weight is 526 g/mol. The van der Waals surface area contributed by atoms with E-state index in [1.165, 1.54) is 16.2 Å². The summed E-state index contributed by atoms with van der Waals surface area (Å²) >= 11 is 0. The van der Waals surface area contributed by atoms with Gasteiger partial charge in [0.2, 0.25) is 0 Å². The monoisotopic (exact) mass is 525 g/mol. The standard InChI is InChI=1S/C30H31N5O4/c1-7-32-18(3)26(17(2)31-32)21-10-13-23-25(16-21)39-30(5,6)24-14-15-33-28(37)34(29(38)35(33)27(23)24)22-11-8-20(9-12-22)19(4)36/h8-14,16,27H,7,15H2,1-6H3. The highest BCUT2D eigenvalue weighted by Gasteiger charge is 2.44. The van der Waals surface area contributed by atoms with E-state index in [0.717, 1.165) is 40.2 Å². The van der Waals surface area contributed by atoms with E-state index in [1.807, 2.05) is 49.7 Å². The predicted molar refractivity (Wildman–Crippen MR) is 148 cm³/mol. The molecule has 0 radical (unpaired) electrons. The highest BCUT2D eigenvalue weighted by molar-refractivity contribution is 5.94. The number of fused-ring (bicyclic) bond motifs is 5. The fraction of sp³-hybridized carbons (Fsp3) is 0.333. The molecule has 4 heterocycles. The third-order valence-electron chi connectivity index (χ3n) is 7.95. The van der Waals surface area contributed by atoms with Crippen LogP contribution in [0.1, 0.15) is 61.0 Å². The number of aryl methyl sites for hydroxylation is 2. The van der Waals surface area contributed by atoms with Crippen LogP contribution < -0.4 is 16.1 Å². The molecule has 6 rings (SSSR count). The predicted octanol–water partition coefficient (Wildman–Crippen LogP) is 4.20. The first-order chi connectivity index (χ1) is 18.5. The molecule has 1 unspecified atom stereocenters. The van der Waals surface area contributed by atoms with Crippen LogP contribution in [0.25, 0.3) is 16.8 Å². The Balaban J connectivity index is 1.52. The van der Waals surface area contributed by atoms with Gasteiger partial charge in [-0.25, -0.2) is 23.5 Å². The Labute approximate surface area is 225 Å². The van der Waals surface area contributed by atoms with Crippen molar-refractivity contribution in [1.82, 2.24) is 23.7 Å². The number of carbonyl (C=O) groups is 1. The molecular formula is C30H31N5O4. The van der Waals surface area contributed by atoms with E-state index in [-0.39, 0.29) is 12.3 Å². The number of carbonyl (C=O) groups excluding carboxylic acids is 1. The summed E-state index contributed by atoms with van der Waals surface area (Å²) in [5.41, 5.74) is 5.23. The van der Waals surface area contributed by atoms with Gasteiger partial charge in [-0.3, -0.25) is 9.48 Å². The van der Waals surface area contributed by atoms with Crippen LogP contribution in [0.2, 0.25) is 0 Å². The maximum Gasteiger partial charge on any atom is 0.352 e. The molecular weight excluding hydrogens is 494 g/mol. The Morgan fingerprint density at radius 3 is 2.44 bits per heavy atom.